The van der Waals surface area contributed by atoms with Gasteiger partial charge in [0.25, 0.3) is 5.91 Å². The van der Waals surface area contributed by atoms with Gasteiger partial charge in [0.1, 0.15) is 16.7 Å². The molecule has 0 radical (unpaired) electrons. The molecule has 0 aliphatic carbocycles. The molecule has 1 aliphatic heterocycles. The van der Waals surface area contributed by atoms with Crippen molar-refractivity contribution in [1.29, 1.82) is 0 Å². The van der Waals surface area contributed by atoms with Crippen molar-refractivity contribution in [3.05, 3.63) is 83.4 Å². The summed E-state index contributed by atoms with van der Waals surface area (Å²) in [5.41, 5.74) is 0.847. The molecule has 1 aromatic heterocycles. The lowest BCUT2D eigenvalue weighted by Crippen LogP contribution is -2.44. The summed E-state index contributed by atoms with van der Waals surface area (Å²) < 4.78 is 5.90. The number of nitrogens with zero attached hydrogens (tertiary/aromatic N) is 2. The highest BCUT2D eigenvalue weighted by Crippen LogP contribution is 2.35. The number of ether oxygens (including phenoxy) is 1. The van der Waals surface area contributed by atoms with Crippen LogP contribution in [0.5, 0.6) is 11.5 Å². The van der Waals surface area contributed by atoms with Crippen LogP contribution in [0, 0.1) is 0 Å². The van der Waals surface area contributed by atoms with Gasteiger partial charge < -0.3 is 15.4 Å². The molecule has 4 rings (SSSR count). The normalized spacial score (nSPS) is 18.3. The number of carbonyl (C=O) groups excluding carboxylic acids is 2. The van der Waals surface area contributed by atoms with Gasteiger partial charge in [-0.25, -0.2) is 9.97 Å². The Morgan fingerprint density at radius 1 is 1.16 bits per heavy atom. The van der Waals surface area contributed by atoms with E-state index in [-0.39, 0.29) is 28.9 Å². The first-order chi connectivity index (χ1) is 15.6. The number of thioether (sulfide) groups is 1. The SMILES string of the molecule is O=C(NC[C@@H]1CCS[C@H](c2cccc(Oc3ccccc3Cl)c2)C(=O)N1)c1ncccn1. The van der Waals surface area contributed by atoms with E-state index in [0.717, 1.165) is 17.7 Å². The van der Waals surface area contributed by atoms with Crippen molar-refractivity contribution < 1.29 is 14.3 Å². The minimum atomic E-state index is -0.372. The minimum absolute atomic E-state index is 0.0994. The fraction of sp³-hybridized carbons (Fsp3) is 0.217. The third-order valence-corrected chi connectivity index (χ3v) is 6.44. The predicted molar refractivity (Wildman–Crippen MR) is 124 cm³/mol. The summed E-state index contributed by atoms with van der Waals surface area (Å²) in [6.45, 7) is 0.311. The Morgan fingerprint density at radius 3 is 2.78 bits per heavy atom. The number of carbonyl (C=O) groups is 2. The average Bonchev–Trinajstić information content (AvgIpc) is 3.00. The minimum Gasteiger partial charge on any atom is -0.456 e. The van der Waals surface area contributed by atoms with E-state index in [1.807, 2.05) is 36.4 Å². The average molecular weight is 469 g/mol. The molecule has 1 saturated heterocycles. The second-order valence-corrected chi connectivity index (χ2v) is 8.75. The second kappa shape index (κ2) is 10.5. The molecule has 0 bridgehead atoms. The predicted octanol–water partition coefficient (Wildman–Crippen LogP) is 4.02. The Morgan fingerprint density at radius 2 is 1.97 bits per heavy atom. The molecule has 0 unspecified atom stereocenters. The van der Waals surface area contributed by atoms with E-state index in [4.69, 9.17) is 16.3 Å². The van der Waals surface area contributed by atoms with Gasteiger partial charge in [0, 0.05) is 25.0 Å². The number of para-hydroxylation sites is 1. The van der Waals surface area contributed by atoms with Crippen LogP contribution < -0.4 is 15.4 Å². The molecule has 32 heavy (non-hydrogen) atoms. The van der Waals surface area contributed by atoms with Gasteiger partial charge in [-0.1, -0.05) is 35.9 Å². The summed E-state index contributed by atoms with van der Waals surface area (Å²) in [5.74, 6) is 1.58. The van der Waals surface area contributed by atoms with Gasteiger partial charge in [0.2, 0.25) is 11.7 Å². The van der Waals surface area contributed by atoms with Gasteiger partial charge in [-0.15, -0.1) is 11.8 Å². The highest BCUT2D eigenvalue weighted by atomic mass is 35.5. The molecule has 2 amide bonds. The molecule has 0 saturated carbocycles. The number of benzene rings is 2. The van der Waals surface area contributed by atoms with Crippen LogP contribution in [0.3, 0.4) is 0 Å². The summed E-state index contributed by atoms with van der Waals surface area (Å²) in [4.78, 5) is 33.0. The van der Waals surface area contributed by atoms with Gasteiger partial charge >= 0.3 is 0 Å². The monoisotopic (exact) mass is 468 g/mol. The topological polar surface area (TPSA) is 93.2 Å². The van der Waals surface area contributed by atoms with Crippen LogP contribution >= 0.6 is 23.4 Å². The fourth-order valence-corrected chi connectivity index (χ4v) is 4.65. The van der Waals surface area contributed by atoms with Crippen molar-refractivity contribution in [3.8, 4) is 11.5 Å². The smallest absolute Gasteiger partial charge is 0.289 e. The van der Waals surface area contributed by atoms with E-state index in [0.29, 0.717) is 23.1 Å². The molecule has 2 heterocycles. The van der Waals surface area contributed by atoms with Gasteiger partial charge in [0.05, 0.1) is 5.02 Å². The van der Waals surface area contributed by atoms with E-state index in [1.54, 1.807) is 30.0 Å². The van der Waals surface area contributed by atoms with Crippen molar-refractivity contribution >= 4 is 35.2 Å². The van der Waals surface area contributed by atoms with Crippen LogP contribution in [0.4, 0.5) is 0 Å². The first-order valence-electron chi connectivity index (χ1n) is 10.1. The first kappa shape index (κ1) is 22.1. The molecule has 9 heteroatoms. The maximum Gasteiger partial charge on any atom is 0.289 e. The quantitative estimate of drug-likeness (QED) is 0.567. The van der Waals surface area contributed by atoms with Crippen molar-refractivity contribution in [2.75, 3.05) is 12.3 Å². The van der Waals surface area contributed by atoms with Crippen LogP contribution in [0.1, 0.15) is 27.9 Å². The standard InChI is InChI=1S/C23H21ClN4O3S/c24-18-7-1-2-8-19(18)31-17-6-3-5-15(13-17)20-22(29)28-16(9-12-32-20)14-27-23(30)21-25-10-4-11-26-21/h1-8,10-11,13,16,20H,9,12,14H2,(H,27,30)(H,28,29)/t16-,20+/m0/s1. The Kier molecular flexibility index (Phi) is 7.24. The Labute approximate surface area is 194 Å². The summed E-state index contributed by atoms with van der Waals surface area (Å²) in [6.07, 6.45) is 3.76. The fourth-order valence-electron chi connectivity index (χ4n) is 3.26. The highest BCUT2D eigenvalue weighted by molar-refractivity contribution is 8.00. The first-order valence-corrected chi connectivity index (χ1v) is 11.5. The molecule has 2 aromatic carbocycles. The lowest BCUT2D eigenvalue weighted by molar-refractivity contribution is -0.121. The number of halogens is 1. The van der Waals surface area contributed by atoms with Gasteiger partial charge in [-0.2, -0.15) is 0 Å². The Hall–Kier alpha value is -3.10. The molecule has 1 aliphatic rings. The van der Waals surface area contributed by atoms with Gasteiger partial charge in [-0.05, 0) is 48.1 Å². The number of aromatic nitrogens is 2. The summed E-state index contributed by atoms with van der Waals surface area (Å²) in [7, 11) is 0. The van der Waals surface area contributed by atoms with E-state index >= 15 is 0 Å². The van der Waals surface area contributed by atoms with Crippen LogP contribution in [0.15, 0.2) is 67.0 Å². The Bertz CT molecular complexity index is 1100. The lowest BCUT2D eigenvalue weighted by atomic mass is 10.1. The zero-order chi connectivity index (χ0) is 22.3. The molecular formula is C23H21ClN4O3S. The Balaban J connectivity index is 1.39. The molecule has 2 atom stereocenters. The summed E-state index contributed by atoms with van der Waals surface area (Å²) >= 11 is 7.75. The number of hydrogen-bond donors (Lipinski definition) is 2. The van der Waals surface area contributed by atoms with E-state index in [9.17, 15) is 9.59 Å². The van der Waals surface area contributed by atoms with Crippen molar-refractivity contribution in [2.24, 2.45) is 0 Å². The molecule has 2 N–H and O–H groups in total. The lowest BCUT2D eigenvalue weighted by Gasteiger charge is -2.18. The third kappa shape index (κ3) is 5.57. The van der Waals surface area contributed by atoms with E-state index < -0.39 is 0 Å². The van der Waals surface area contributed by atoms with Crippen molar-refractivity contribution in [3.63, 3.8) is 0 Å². The molecule has 1 fully saturated rings. The summed E-state index contributed by atoms with van der Waals surface area (Å²) in [6, 6.07) is 16.2. The second-order valence-electron chi connectivity index (χ2n) is 7.13. The zero-order valence-corrected chi connectivity index (χ0v) is 18.6. The number of hydrogen-bond acceptors (Lipinski definition) is 6. The molecule has 3 aromatic rings. The number of rotatable bonds is 6. The van der Waals surface area contributed by atoms with Crippen LogP contribution in [-0.2, 0) is 4.79 Å². The maximum atomic E-state index is 12.9. The maximum absolute atomic E-state index is 12.9. The molecule has 0 spiro atoms. The van der Waals surface area contributed by atoms with E-state index in [2.05, 4.69) is 20.6 Å². The molecule has 7 nitrogen and oxygen atoms in total. The zero-order valence-electron chi connectivity index (χ0n) is 17.0. The van der Waals surface area contributed by atoms with Gasteiger partial charge in [0.15, 0.2) is 0 Å². The third-order valence-electron chi connectivity index (χ3n) is 4.84. The van der Waals surface area contributed by atoms with E-state index in [1.165, 1.54) is 12.4 Å². The molecular weight excluding hydrogens is 448 g/mol. The van der Waals surface area contributed by atoms with Crippen LogP contribution in [-0.4, -0.2) is 40.1 Å². The van der Waals surface area contributed by atoms with Crippen LogP contribution in [0.2, 0.25) is 5.02 Å². The van der Waals surface area contributed by atoms with Crippen LogP contribution in [0.25, 0.3) is 0 Å². The van der Waals surface area contributed by atoms with Gasteiger partial charge in [-0.3, -0.25) is 9.59 Å². The highest BCUT2D eigenvalue weighted by Gasteiger charge is 2.28. The number of nitrogens with one attached hydrogen (secondary N) is 2. The van der Waals surface area contributed by atoms with Crippen molar-refractivity contribution in [1.82, 2.24) is 20.6 Å². The van der Waals surface area contributed by atoms with Crippen molar-refractivity contribution in [2.45, 2.75) is 17.7 Å². The largest absolute Gasteiger partial charge is 0.456 e. The number of amides is 2. The molecule has 164 valence electrons. The summed E-state index contributed by atoms with van der Waals surface area (Å²) in [5, 5.41) is 5.97.